The molecule has 0 spiro atoms. The van der Waals surface area contributed by atoms with Crippen LogP contribution in [0.4, 0.5) is 0 Å². The van der Waals surface area contributed by atoms with Gasteiger partial charge < -0.3 is 9.16 Å². The normalized spacial score (nSPS) is 12.8. The molecule has 158 valence electrons. The zero-order valence-corrected chi connectivity index (χ0v) is 19.9. The van der Waals surface area contributed by atoms with Crippen molar-refractivity contribution in [3.05, 3.63) is 71.4 Å². The van der Waals surface area contributed by atoms with Crippen molar-refractivity contribution in [2.45, 2.75) is 64.5 Å². The molecular formula is C26H33NO2Si. The first kappa shape index (κ1) is 22.5. The largest absolute Gasteiger partial charge is 0.497 e. The van der Waals surface area contributed by atoms with Crippen LogP contribution < -0.4 is 4.74 Å². The molecule has 4 heteroatoms. The number of ether oxygens (including phenoxy) is 1. The highest BCUT2D eigenvalue weighted by molar-refractivity contribution is 6.31. The lowest BCUT2D eigenvalue weighted by atomic mass is 10.0. The van der Waals surface area contributed by atoms with Gasteiger partial charge in [0.2, 0.25) is 9.76 Å². The van der Waals surface area contributed by atoms with Crippen LogP contribution in [0.5, 0.6) is 5.75 Å². The van der Waals surface area contributed by atoms with Gasteiger partial charge in [0.15, 0.2) is 0 Å². The van der Waals surface area contributed by atoms with Crippen molar-refractivity contribution in [2.24, 2.45) is 0 Å². The fourth-order valence-corrected chi connectivity index (χ4v) is 4.19. The van der Waals surface area contributed by atoms with E-state index in [0.29, 0.717) is 9.76 Å². The van der Waals surface area contributed by atoms with E-state index in [1.807, 2.05) is 19.1 Å². The van der Waals surface area contributed by atoms with Gasteiger partial charge in [-0.15, -0.1) is 0 Å². The number of benzene rings is 2. The lowest BCUT2D eigenvalue weighted by molar-refractivity contribution is 0.192. The SMILES string of the molecule is COc1ccc(C(CCCCc2ccc3ccc(C)nc3c2)O[Si]C(C)(C)C)cc1. The van der Waals surface area contributed by atoms with Crippen LogP contribution in [0.2, 0.25) is 5.04 Å². The molecule has 1 unspecified atom stereocenters. The van der Waals surface area contributed by atoms with Crippen LogP contribution in [-0.2, 0) is 10.8 Å². The van der Waals surface area contributed by atoms with Crippen molar-refractivity contribution in [3.8, 4) is 5.75 Å². The highest BCUT2D eigenvalue weighted by Gasteiger charge is 2.19. The number of methoxy groups -OCH3 is 1. The zero-order valence-electron chi connectivity index (χ0n) is 18.9. The smallest absolute Gasteiger partial charge is 0.236 e. The van der Waals surface area contributed by atoms with E-state index in [9.17, 15) is 0 Å². The van der Waals surface area contributed by atoms with Crippen molar-refractivity contribution in [2.75, 3.05) is 7.11 Å². The molecule has 2 radical (unpaired) electrons. The molecule has 0 fully saturated rings. The quantitative estimate of drug-likeness (QED) is 0.280. The Morgan fingerprint density at radius 2 is 1.70 bits per heavy atom. The molecule has 0 amide bonds. The van der Waals surface area contributed by atoms with Gasteiger partial charge in [-0.1, -0.05) is 57.5 Å². The van der Waals surface area contributed by atoms with Crippen molar-refractivity contribution in [1.82, 2.24) is 4.98 Å². The summed E-state index contributed by atoms with van der Waals surface area (Å²) in [4.78, 5) is 4.66. The zero-order chi connectivity index (χ0) is 21.6. The minimum absolute atomic E-state index is 0.134. The Hall–Kier alpha value is -2.17. The molecule has 1 heterocycles. The molecule has 0 saturated carbocycles. The van der Waals surface area contributed by atoms with E-state index in [4.69, 9.17) is 9.16 Å². The third kappa shape index (κ3) is 6.68. The minimum atomic E-state index is 0.134. The standard InChI is InChI=1S/C26H33NO2Si/c1-19-10-12-21-13-11-20(18-24(21)27-19)8-6-7-9-25(29-30-26(2,3)4)22-14-16-23(28-5)17-15-22/h10-18,25H,6-9H2,1-5H3. The summed E-state index contributed by atoms with van der Waals surface area (Å²) in [5.74, 6) is 0.885. The first-order valence-corrected chi connectivity index (χ1v) is 11.7. The number of fused-ring (bicyclic) bond motifs is 1. The Balaban J connectivity index is 1.59. The second kappa shape index (κ2) is 10.2. The topological polar surface area (TPSA) is 31.4 Å². The first-order chi connectivity index (χ1) is 14.3. The maximum atomic E-state index is 6.37. The summed E-state index contributed by atoms with van der Waals surface area (Å²) in [5, 5.41) is 1.39. The Labute approximate surface area is 183 Å². The molecule has 0 aliphatic rings. The number of hydrogen-bond donors (Lipinski definition) is 0. The highest BCUT2D eigenvalue weighted by atomic mass is 28.2. The van der Waals surface area contributed by atoms with Crippen LogP contribution in [0.15, 0.2) is 54.6 Å². The molecule has 1 atom stereocenters. The minimum Gasteiger partial charge on any atom is -0.497 e. The third-order valence-corrected chi connectivity index (χ3v) is 6.09. The maximum absolute atomic E-state index is 6.37. The van der Waals surface area contributed by atoms with E-state index in [2.05, 4.69) is 68.2 Å². The van der Waals surface area contributed by atoms with Gasteiger partial charge in [0.1, 0.15) is 5.75 Å². The molecule has 0 aliphatic heterocycles. The number of aromatic nitrogens is 1. The van der Waals surface area contributed by atoms with Crippen LogP contribution in [0, 0.1) is 6.92 Å². The summed E-state index contributed by atoms with van der Waals surface area (Å²) in [6, 6.07) is 19.2. The Kier molecular flexibility index (Phi) is 7.67. The number of hydrogen-bond acceptors (Lipinski definition) is 3. The number of unbranched alkanes of at least 4 members (excludes halogenated alkanes) is 1. The number of pyridine rings is 1. The van der Waals surface area contributed by atoms with Gasteiger partial charge in [-0.05, 0) is 66.6 Å². The molecule has 3 aromatic rings. The Bertz CT molecular complexity index is 947. The van der Waals surface area contributed by atoms with Gasteiger partial charge in [-0.2, -0.15) is 0 Å². The molecule has 30 heavy (non-hydrogen) atoms. The van der Waals surface area contributed by atoms with Gasteiger partial charge in [0, 0.05) is 11.1 Å². The second-order valence-electron chi connectivity index (χ2n) is 8.96. The first-order valence-electron chi connectivity index (χ1n) is 10.8. The van der Waals surface area contributed by atoms with Gasteiger partial charge in [0.05, 0.1) is 18.7 Å². The van der Waals surface area contributed by atoms with Gasteiger partial charge in [0.25, 0.3) is 0 Å². The molecule has 0 saturated heterocycles. The average molecular weight is 420 g/mol. The second-order valence-corrected chi connectivity index (χ2v) is 10.9. The monoisotopic (exact) mass is 419 g/mol. The van der Waals surface area contributed by atoms with Gasteiger partial charge in [-0.25, -0.2) is 0 Å². The lowest BCUT2D eigenvalue weighted by Gasteiger charge is -2.23. The van der Waals surface area contributed by atoms with Crippen LogP contribution in [0.25, 0.3) is 10.9 Å². The molecule has 0 aliphatic carbocycles. The van der Waals surface area contributed by atoms with E-state index in [-0.39, 0.29) is 11.1 Å². The Morgan fingerprint density at radius 1 is 0.967 bits per heavy atom. The Morgan fingerprint density at radius 3 is 2.40 bits per heavy atom. The molecule has 3 rings (SSSR count). The van der Waals surface area contributed by atoms with E-state index in [1.54, 1.807) is 7.11 Å². The number of nitrogens with zero attached hydrogens (tertiary/aromatic N) is 1. The van der Waals surface area contributed by atoms with Crippen LogP contribution >= 0.6 is 0 Å². The maximum Gasteiger partial charge on any atom is 0.236 e. The number of aryl methyl sites for hydroxylation is 2. The van der Waals surface area contributed by atoms with Crippen LogP contribution in [-0.4, -0.2) is 21.9 Å². The molecular weight excluding hydrogens is 386 g/mol. The predicted octanol–water partition coefficient (Wildman–Crippen LogP) is 6.86. The summed E-state index contributed by atoms with van der Waals surface area (Å²) in [7, 11) is 2.18. The summed E-state index contributed by atoms with van der Waals surface area (Å²) < 4.78 is 11.7. The predicted molar refractivity (Wildman–Crippen MR) is 126 cm³/mol. The molecule has 1 aromatic heterocycles. The molecule has 3 nitrogen and oxygen atoms in total. The van der Waals surface area contributed by atoms with E-state index >= 15 is 0 Å². The lowest BCUT2D eigenvalue weighted by Crippen LogP contribution is -2.16. The molecule has 2 aromatic carbocycles. The average Bonchev–Trinajstić information content (AvgIpc) is 2.72. The third-order valence-electron chi connectivity index (χ3n) is 5.07. The number of rotatable bonds is 9. The summed E-state index contributed by atoms with van der Waals surface area (Å²) in [5.41, 5.74) is 4.76. The van der Waals surface area contributed by atoms with E-state index < -0.39 is 0 Å². The van der Waals surface area contributed by atoms with Gasteiger partial charge >= 0.3 is 0 Å². The molecule has 0 bridgehead atoms. The van der Waals surface area contributed by atoms with Gasteiger partial charge in [-0.3, -0.25) is 4.98 Å². The fourth-order valence-electron chi connectivity index (χ4n) is 3.44. The van der Waals surface area contributed by atoms with Crippen molar-refractivity contribution < 1.29 is 9.16 Å². The summed E-state index contributed by atoms with van der Waals surface area (Å²) in [6.07, 6.45) is 4.51. The van der Waals surface area contributed by atoms with Crippen LogP contribution in [0.1, 0.15) is 63.0 Å². The van der Waals surface area contributed by atoms with Crippen molar-refractivity contribution in [1.29, 1.82) is 0 Å². The van der Waals surface area contributed by atoms with Crippen LogP contribution in [0.3, 0.4) is 0 Å². The summed E-state index contributed by atoms with van der Waals surface area (Å²) >= 11 is 0. The van der Waals surface area contributed by atoms with Crippen molar-refractivity contribution in [3.63, 3.8) is 0 Å². The van der Waals surface area contributed by atoms with E-state index in [1.165, 1.54) is 16.5 Å². The van der Waals surface area contributed by atoms with E-state index in [0.717, 1.165) is 42.6 Å². The molecule has 0 N–H and O–H groups in total. The highest BCUT2D eigenvalue weighted by Crippen LogP contribution is 2.30. The van der Waals surface area contributed by atoms with Crippen molar-refractivity contribution >= 4 is 20.7 Å². The fraction of sp³-hybridized carbons (Fsp3) is 0.423. The summed E-state index contributed by atoms with van der Waals surface area (Å²) in [6.45, 7) is 8.73.